The van der Waals surface area contributed by atoms with E-state index < -0.39 is 6.10 Å². The molecule has 0 bridgehead atoms. The van der Waals surface area contributed by atoms with Crippen LogP contribution in [0, 0.1) is 0 Å². The van der Waals surface area contributed by atoms with E-state index in [-0.39, 0.29) is 18.7 Å². The topological polar surface area (TPSA) is 48.0 Å². The van der Waals surface area contributed by atoms with Crippen molar-refractivity contribution in [3.05, 3.63) is 82.3 Å². The summed E-state index contributed by atoms with van der Waals surface area (Å²) in [7, 11) is 0. The lowest BCUT2D eigenvalue weighted by atomic mass is 9.89. The molecule has 2 aliphatic rings. The van der Waals surface area contributed by atoms with Crippen molar-refractivity contribution >= 4 is 34.8 Å². The lowest BCUT2D eigenvalue weighted by Gasteiger charge is -2.46. The zero-order chi connectivity index (χ0) is 20.0. The number of benzene rings is 3. The summed E-state index contributed by atoms with van der Waals surface area (Å²) in [5.41, 5.74) is 1.59. The van der Waals surface area contributed by atoms with Gasteiger partial charge in [0.2, 0.25) is 12.9 Å². The van der Waals surface area contributed by atoms with Crippen LogP contribution in [-0.4, -0.2) is 18.8 Å². The van der Waals surface area contributed by atoms with Crippen molar-refractivity contribution in [2.24, 2.45) is 0 Å². The Bertz CT molecular complexity index is 1090. The Morgan fingerprint density at radius 3 is 2.48 bits per heavy atom. The minimum atomic E-state index is -0.685. The summed E-state index contributed by atoms with van der Waals surface area (Å²) in [5, 5.41) is 1.16. The molecule has 0 unspecified atom stereocenters. The lowest BCUT2D eigenvalue weighted by molar-refractivity contribution is -0.135. The molecule has 3 aromatic rings. The monoisotopic (exact) mass is 427 g/mol. The summed E-state index contributed by atoms with van der Waals surface area (Å²) in [6, 6.07) is 19.4. The molecule has 1 saturated heterocycles. The van der Waals surface area contributed by atoms with Gasteiger partial charge in [-0.25, -0.2) is 0 Å². The van der Waals surface area contributed by atoms with Gasteiger partial charge in [0.25, 0.3) is 5.91 Å². The van der Waals surface area contributed by atoms with E-state index in [0.29, 0.717) is 33.0 Å². The van der Waals surface area contributed by atoms with Crippen molar-refractivity contribution in [2.75, 3.05) is 11.7 Å². The number of fused-ring (bicyclic) bond motifs is 1. The van der Waals surface area contributed by atoms with Gasteiger partial charge in [-0.2, -0.15) is 0 Å². The number of hydrogen-bond acceptors (Lipinski definition) is 4. The van der Waals surface area contributed by atoms with Crippen molar-refractivity contribution < 1.29 is 19.0 Å². The standard InChI is InChI=1S/C22H15Cl2NO4/c23-14-5-7-17(8-6-14)29-21-20(13-4-9-18-19(10-13)28-12-27-18)25(22(21)26)16-3-1-2-15(24)11-16/h1-11,20-21H,12H2/t20-,21+/m1/s1. The second-order valence-corrected chi connectivity index (χ2v) is 7.61. The van der Waals surface area contributed by atoms with Crippen LogP contribution >= 0.6 is 23.2 Å². The van der Waals surface area contributed by atoms with Crippen LogP contribution in [0.15, 0.2) is 66.7 Å². The van der Waals surface area contributed by atoms with Gasteiger partial charge in [-0.3, -0.25) is 9.69 Å². The number of nitrogens with zero attached hydrogens (tertiary/aromatic N) is 1. The van der Waals surface area contributed by atoms with Crippen LogP contribution in [0.3, 0.4) is 0 Å². The summed E-state index contributed by atoms with van der Waals surface area (Å²) < 4.78 is 16.9. The number of β-lactam (4-membered cyclic amide) rings is 1. The predicted molar refractivity (Wildman–Crippen MR) is 110 cm³/mol. The van der Waals surface area contributed by atoms with E-state index in [1.54, 1.807) is 41.3 Å². The van der Waals surface area contributed by atoms with Crippen LogP contribution in [0.1, 0.15) is 11.6 Å². The highest BCUT2D eigenvalue weighted by atomic mass is 35.5. The third-order valence-corrected chi connectivity index (χ3v) is 5.43. The van der Waals surface area contributed by atoms with E-state index in [0.717, 1.165) is 5.56 Å². The average Bonchev–Trinajstić information content (AvgIpc) is 3.19. The van der Waals surface area contributed by atoms with Gasteiger partial charge in [-0.05, 0) is 60.2 Å². The molecule has 2 aliphatic heterocycles. The second-order valence-electron chi connectivity index (χ2n) is 6.74. The molecule has 0 aromatic heterocycles. The first-order valence-corrected chi connectivity index (χ1v) is 9.76. The molecule has 3 aromatic carbocycles. The zero-order valence-electron chi connectivity index (χ0n) is 15.0. The fraction of sp³-hybridized carbons (Fsp3) is 0.136. The van der Waals surface area contributed by atoms with Crippen molar-refractivity contribution in [3.63, 3.8) is 0 Å². The van der Waals surface area contributed by atoms with Crippen LogP contribution in [0.4, 0.5) is 5.69 Å². The Labute approximate surface area is 177 Å². The maximum atomic E-state index is 13.0. The molecule has 7 heteroatoms. The number of carbonyl (C=O) groups excluding carboxylic acids is 1. The smallest absolute Gasteiger partial charge is 0.271 e. The first-order chi connectivity index (χ1) is 14.1. The number of anilines is 1. The van der Waals surface area contributed by atoms with Gasteiger partial charge < -0.3 is 14.2 Å². The SMILES string of the molecule is O=C1[C@@H](Oc2ccc(Cl)cc2)[C@@H](c2ccc3c(c2)OCO3)N1c1cccc(Cl)c1. The minimum Gasteiger partial charge on any atom is -0.478 e. The second kappa shape index (κ2) is 7.17. The molecule has 0 N–H and O–H groups in total. The van der Waals surface area contributed by atoms with Crippen LogP contribution < -0.4 is 19.1 Å². The largest absolute Gasteiger partial charge is 0.478 e. The average molecular weight is 428 g/mol. The third kappa shape index (κ3) is 3.26. The van der Waals surface area contributed by atoms with E-state index in [1.165, 1.54) is 0 Å². The van der Waals surface area contributed by atoms with E-state index in [2.05, 4.69) is 0 Å². The quantitative estimate of drug-likeness (QED) is 0.532. The fourth-order valence-electron chi connectivity index (χ4n) is 3.57. The van der Waals surface area contributed by atoms with Crippen LogP contribution in [0.5, 0.6) is 17.2 Å². The van der Waals surface area contributed by atoms with Crippen molar-refractivity contribution in [2.45, 2.75) is 12.1 Å². The maximum absolute atomic E-state index is 13.0. The molecule has 1 amide bonds. The highest BCUT2D eigenvalue weighted by Crippen LogP contribution is 2.44. The van der Waals surface area contributed by atoms with Crippen LogP contribution in [0.2, 0.25) is 10.0 Å². The molecule has 5 rings (SSSR count). The van der Waals surface area contributed by atoms with Crippen LogP contribution in [-0.2, 0) is 4.79 Å². The summed E-state index contributed by atoms with van der Waals surface area (Å²) in [6.07, 6.45) is -0.685. The molecule has 146 valence electrons. The number of hydrogen-bond donors (Lipinski definition) is 0. The molecule has 1 fully saturated rings. The molecular formula is C22H15Cl2NO4. The lowest BCUT2D eigenvalue weighted by Crippen LogP contribution is -2.61. The Balaban J connectivity index is 1.52. The van der Waals surface area contributed by atoms with E-state index in [4.69, 9.17) is 37.4 Å². The first-order valence-electron chi connectivity index (χ1n) is 9.00. The van der Waals surface area contributed by atoms with Gasteiger partial charge in [-0.15, -0.1) is 0 Å². The Morgan fingerprint density at radius 2 is 1.69 bits per heavy atom. The molecule has 0 saturated carbocycles. The van der Waals surface area contributed by atoms with E-state index in [9.17, 15) is 4.79 Å². The number of halogens is 2. The van der Waals surface area contributed by atoms with Gasteiger partial charge in [-0.1, -0.05) is 35.3 Å². The maximum Gasteiger partial charge on any atom is 0.271 e. The van der Waals surface area contributed by atoms with Crippen LogP contribution in [0.25, 0.3) is 0 Å². The van der Waals surface area contributed by atoms with Gasteiger partial charge in [0.1, 0.15) is 11.8 Å². The van der Waals surface area contributed by atoms with Gasteiger partial charge in [0, 0.05) is 15.7 Å². The number of carbonyl (C=O) groups is 1. The molecule has 2 heterocycles. The zero-order valence-corrected chi connectivity index (χ0v) is 16.6. The molecule has 0 aliphatic carbocycles. The minimum absolute atomic E-state index is 0.148. The molecule has 0 spiro atoms. The first kappa shape index (κ1) is 18.2. The van der Waals surface area contributed by atoms with Gasteiger partial charge in [0.05, 0.1) is 0 Å². The normalized spacial score (nSPS) is 19.8. The fourth-order valence-corrected chi connectivity index (χ4v) is 3.88. The Kier molecular flexibility index (Phi) is 4.49. The van der Waals surface area contributed by atoms with Gasteiger partial charge >= 0.3 is 0 Å². The number of rotatable bonds is 4. The van der Waals surface area contributed by atoms with Crippen molar-refractivity contribution in [1.82, 2.24) is 0 Å². The predicted octanol–water partition coefficient (Wildman–Crippen LogP) is 5.26. The Morgan fingerprint density at radius 1 is 0.897 bits per heavy atom. The summed E-state index contributed by atoms with van der Waals surface area (Å²) in [4.78, 5) is 14.7. The van der Waals surface area contributed by atoms with Crippen molar-refractivity contribution in [3.8, 4) is 17.2 Å². The molecule has 29 heavy (non-hydrogen) atoms. The third-order valence-electron chi connectivity index (χ3n) is 4.95. The van der Waals surface area contributed by atoms with E-state index >= 15 is 0 Å². The molecule has 0 radical (unpaired) electrons. The summed E-state index contributed by atoms with van der Waals surface area (Å²) in [5.74, 6) is 1.76. The molecule has 2 atom stereocenters. The summed E-state index contributed by atoms with van der Waals surface area (Å²) in [6.45, 7) is 0.186. The summed E-state index contributed by atoms with van der Waals surface area (Å²) >= 11 is 12.1. The van der Waals surface area contributed by atoms with Gasteiger partial charge in [0.15, 0.2) is 11.5 Å². The van der Waals surface area contributed by atoms with Crippen molar-refractivity contribution in [1.29, 1.82) is 0 Å². The number of amides is 1. The highest BCUT2D eigenvalue weighted by Gasteiger charge is 2.51. The molecular weight excluding hydrogens is 413 g/mol. The highest BCUT2D eigenvalue weighted by molar-refractivity contribution is 6.31. The Hall–Kier alpha value is -2.89. The number of ether oxygens (including phenoxy) is 3. The van der Waals surface area contributed by atoms with E-state index in [1.807, 2.05) is 30.3 Å². The molecule has 5 nitrogen and oxygen atoms in total.